The maximum absolute atomic E-state index is 11.8. The molecule has 1 aliphatic rings. The molecule has 0 spiro atoms. The zero-order valence-electron chi connectivity index (χ0n) is 15.7. The van der Waals surface area contributed by atoms with E-state index in [2.05, 4.69) is 39.8 Å². The SMILES string of the molecule is CC(=O)c1ccc2c3ccccc3n(CCCN3CCC(O)CC3)c2c1.Cl. The average molecular weight is 387 g/mol. The molecule has 0 aliphatic carbocycles. The lowest BCUT2D eigenvalue weighted by Gasteiger charge is -2.29. The number of carbonyl (C=O) groups is 1. The number of likely N-dealkylation sites (tertiary alicyclic amines) is 1. The fraction of sp³-hybridized carbons (Fsp3) is 0.409. The molecule has 1 aliphatic heterocycles. The molecule has 0 atom stereocenters. The molecule has 2 aromatic carbocycles. The molecule has 1 aromatic heterocycles. The number of benzene rings is 2. The third-order valence-corrected chi connectivity index (χ3v) is 5.59. The molecule has 0 saturated carbocycles. The van der Waals surface area contributed by atoms with Crippen molar-refractivity contribution in [3.8, 4) is 0 Å². The fourth-order valence-electron chi connectivity index (χ4n) is 4.10. The number of aliphatic hydroxyl groups excluding tert-OH is 1. The first-order valence-corrected chi connectivity index (χ1v) is 9.56. The van der Waals surface area contributed by atoms with Crippen molar-refractivity contribution in [2.45, 2.75) is 38.8 Å². The van der Waals surface area contributed by atoms with Gasteiger partial charge in [-0.1, -0.05) is 30.3 Å². The topological polar surface area (TPSA) is 45.5 Å². The van der Waals surface area contributed by atoms with E-state index in [1.807, 2.05) is 12.1 Å². The lowest BCUT2D eigenvalue weighted by molar-refractivity contribution is 0.0816. The minimum atomic E-state index is -0.117. The minimum Gasteiger partial charge on any atom is -0.393 e. The second kappa shape index (κ2) is 8.42. The number of aryl methyl sites for hydroxylation is 1. The molecule has 0 radical (unpaired) electrons. The van der Waals surface area contributed by atoms with Crippen molar-refractivity contribution in [3.05, 3.63) is 48.0 Å². The van der Waals surface area contributed by atoms with Crippen LogP contribution in [0.5, 0.6) is 0 Å². The van der Waals surface area contributed by atoms with Crippen molar-refractivity contribution in [2.24, 2.45) is 0 Å². The van der Waals surface area contributed by atoms with E-state index in [9.17, 15) is 9.90 Å². The Morgan fingerprint density at radius 1 is 1.04 bits per heavy atom. The number of rotatable bonds is 5. The van der Waals surface area contributed by atoms with Crippen LogP contribution in [0.15, 0.2) is 42.5 Å². The van der Waals surface area contributed by atoms with Gasteiger partial charge in [-0.25, -0.2) is 0 Å². The Morgan fingerprint density at radius 2 is 1.74 bits per heavy atom. The number of aromatic nitrogens is 1. The molecule has 0 bridgehead atoms. The Morgan fingerprint density at radius 3 is 2.48 bits per heavy atom. The van der Waals surface area contributed by atoms with Crippen molar-refractivity contribution < 1.29 is 9.90 Å². The second-order valence-electron chi connectivity index (χ2n) is 7.38. The minimum absolute atomic E-state index is 0. The van der Waals surface area contributed by atoms with Gasteiger partial charge in [-0.2, -0.15) is 0 Å². The van der Waals surface area contributed by atoms with E-state index in [0.29, 0.717) is 0 Å². The van der Waals surface area contributed by atoms with E-state index in [1.54, 1.807) is 6.92 Å². The molecule has 0 amide bonds. The standard InChI is InChI=1S/C22H26N2O2.ClH/c1-16(25)17-7-8-20-19-5-2-3-6-21(19)24(22(20)15-17)12-4-11-23-13-9-18(26)10-14-23;/h2-3,5-8,15,18,26H,4,9-14H2,1H3;1H. The van der Waals surface area contributed by atoms with Crippen LogP contribution in [-0.2, 0) is 6.54 Å². The van der Waals surface area contributed by atoms with Crippen molar-refractivity contribution >= 4 is 40.0 Å². The summed E-state index contributed by atoms with van der Waals surface area (Å²) in [5.74, 6) is 0.107. The summed E-state index contributed by atoms with van der Waals surface area (Å²) in [6.07, 6.45) is 2.72. The van der Waals surface area contributed by atoms with E-state index in [-0.39, 0.29) is 24.3 Å². The number of aliphatic hydroxyl groups is 1. The predicted octanol–water partition coefficient (Wildman–Crippen LogP) is 4.27. The number of fused-ring (bicyclic) bond motifs is 3. The highest BCUT2D eigenvalue weighted by molar-refractivity contribution is 6.10. The number of Topliss-reactive ketones (excluding diaryl/α,β-unsaturated/α-hetero) is 1. The first-order valence-electron chi connectivity index (χ1n) is 9.56. The van der Waals surface area contributed by atoms with Crippen LogP contribution in [0.2, 0.25) is 0 Å². The summed E-state index contributed by atoms with van der Waals surface area (Å²) < 4.78 is 2.36. The second-order valence-corrected chi connectivity index (χ2v) is 7.38. The van der Waals surface area contributed by atoms with Crippen molar-refractivity contribution in [1.29, 1.82) is 0 Å². The lowest BCUT2D eigenvalue weighted by atomic mass is 10.1. The van der Waals surface area contributed by atoms with Gasteiger partial charge in [0.15, 0.2) is 5.78 Å². The smallest absolute Gasteiger partial charge is 0.159 e. The number of nitrogens with zero attached hydrogens (tertiary/aromatic N) is 2. The van der Waals surface area contributed by atoms with Gasteiger partial charge in [0.2, 0.25) is 0 Å². The number of piperidine rings is 1. The highest BCUT2D eigenvalue weighted by atomic mass is 35.5. The van der Waals surface area contributed by atoms with E-state index in [1.165, 1.54) is 16.3 Å². The Balaban J connectivity index is 0.00000210. The fourth-order valence-corrected chi connectivity index (χ4v) is 4.10. The Bertz CT molecular complexity index is 942. The van der Waals surface area contributed by atoms with Gasteiger partial charge < -0.3 is 14.6 Å². The van der Waals surface area contributed by atoms with Crippen LogP contribution in [-0.4, -0.2) is 46.1 Å². The molecule has 4 nitrogen and oxygen atoms in total. The number of hydrogen-bond donors (Lipinski definition) is 1. The monoisotopic (exact) mass is 386 g/mol. The highest BCUT2D eigenvalue weighted by Crippen LogP contribution is 2.30. The van der Waals surface area contributed by atoms with Crippen LogP contribution in [0, 0.1) is 0 Å². The molecule has 5 heteroatoms. The van der Waals surface area contributed by atoms with Crippen LogP contribution < -0.4 is 0 Å². The van der Waals surface area contributed by atoms with E-state index < -0.39 is 0 Å². The summed E-state index contributed by atoms with van der Waals surface area (Å²) in [5, 5.41) is 12.1. The number of para-hydroxylation sites is 1. The Hall–Kier alpha value is -1.88. The number of hydrogen-bond acceptors (Lipinski definition) is 3. The van der Waals surface area contributed by atoms with Gasteiger partial charge in [0.1, 0.15) is 0 Å². The third-order valence-electron chi connectivity index (χ3n) is 5.59. The van der Waals surface area contributed by atoms with E-state index in [4.69, 9.17) is 0 Å². The summed E-state index contributed by atoms with van der Waals surface area (Å²) in [5.41, 5.74) is 3.15. The summed E-state index contributed by atoms with van der Waals surface area (Å²) >= 11 is 0. The van der Waals surface area contributed by atoms with E-state index in [0.717, 1.165) is 56.5 Å². The molecule has 1 saturated heterocycles. The van der Waals surface area contributed by atoms with Crippen molar-refractivity contribution in [3.63, 3.8) is 0 Å². The average Bonchev–Trinajstić information content (AvgIpc) is 2.97. The van der Waals surface area contributed by atoms with Crippen molar-refractivity contribution in [1.82, 2.24) is 9.47 Å². The third kappa shape index (κ3) is 4.03. The Kier molecular flexibility index (Phi) is 6.20. The van der Waals surface area contributed by atoms with Gasteiger partial charge in [0.25, 0.3) is 0 Å². The molecule has 2 heterocycles. The quantitative estimate of drug-likeness (QED) is 0.666. The molecule has 1 fully saturated rings. The molecule has 1 N–H and O–H groups in total. The molecule has 27 heavy (non-hydrogen) atoms. The normalized spacial score (nSPS) is 15.9. The molecule has 3 aromatic rings. The van der Waals surface area contributed by atoms with Crippen LogP contribution >= 0.6 is 12.4 Å². The van der Waals surface area contributed by atoms with Crippen LogP contribution in [0.4, 0.5) is 0 Å². The zero-order valence-corrected chi connectivity index (χ0v) is 16.5. The molecule has 0 unspecified atom stereocenters. The summed E-state index contributed by atoms with van der Waals surface area (Å²) in [4.78, 5) is 14.3. The zero-order chi connectivity index (χ0) is 18.1. The van der Waals surface area contributed by atoms with Gasteiger partial charge in [-0.3, -0.25) is 4.79 Å². The summed E-state index contributed by atoms with van der Waals surface area (Å²) in [6.45, 7) is 5.59. The molecular formula is C22H27ClN2O2. The lowest BCUT2D eigenvalue weighted by Crippen LogP contribution is -2.36. The maximum Gasteiger partial charge on any atom is 0.159 e. The van der Waals surface area contributed by atoms with Gasteiger partial charge in [-0.15, -0.1) is 12.4 Å². The van der Waals surface area contributed by atoms with E-state index >= 15 is 0 Å². The number of carbonyl (C=O) groups excluding carboxylic acids is 1. The summed E-state index contributed by atoms with van der Waals surface area (Å²) in [6, 6.07) is 14.5. The van der Waals surface area contributed by atoms with Crippen LogP contribution in [0.3, 0.4) is 0 Å². The van der Waals surface area contributed by atoms with Crippen LogP contribution in [0.25, 0.3) is 21.8 Å². The number of halogens is 1. The highest BCUT2D eigenvalue weighted by Gasteiger charge is 2.17. The van der Waals surface area contributed by atoms with Crippen molar-refractivity contribution in [2.75, 3.05) is 19.6 Å². The predicted molar refractivity (Wildman–Crippen MR) is 113 cm³/mol. The largest absolute Gasteiger partial charge is 0.393 e. The first kappa shape index (κ1) is 19.9. The maximum atomic E-state index is 11.8. The Labute approximate surface area is 166 Å². The van der Waals surface area contributed by atoms with Gasteiger partial charge in [0, 0.05) is 47.0 Å². The molecular weight excluding hydrogens is 360 g/mol. The van der Waals surface area contributed by atoms with Gasteiger partial charge in [-0.05, 0) is 44.9 Å². The van der Waals surface area contributed by atoms with Gasteiger partial charge >= 0.3 is 0 Å². The first-order chi connectivity index (χ1) is 12.6. The molecule has 4 rings (SSSR count). The van der Waals surface area contributed by atoms with Crippen LogP contribution in [0.1, 0.15) is 36.5 Å². The summed E-state index contributed by atoms with van der Waals surface area (Å²) in [7, 11) is 0. The number of ketones is 1. The molecule has 144 valence electrons. The van der Waals surface area contributed by atoms with Gasteiger partial charge in [0.05, 0.1) is 6.10 Å².